The van der Waals surface area contributed by atoms with Crippen LogP contribution in [0.4, 0.5) is 8.78 Å². The fourth-order valence-electron chi connectivity index (χ4n) is 3.66. The SMILES string of the molecule is Cc1c(F)cc(-c2ccc(C=C3C(=O)c4cc5ccccc5cc4C3=O)s2)cc1F. The molecule has 0 saturated heterocycles. The van der Waals surface area contributed by atoms with Crippen molar-refractivity contribution in [1.29, 1.82) is 0 Å². The minimum atomic E-state index is -0.609. The number of ketones is 2. The van der Waals surface area contributed by atoms with Gasteiger partial charge in [-0.25, -0.2) is 8.78 Å². The predicted molar refractivity (Wildman–Crippen MR) is 115 cm³/mol. The third kappa shape index (κ3) is 2.90. The van der Waals surface area contributed by atoms with E-state index in [1.165, 1.54) is 30.4 Å². The molecule has 1 aromatic heterocycles. The zero-order chi connectivity index (χ0) is 21.0. The number of hydrogen-bond acceptors (Lipinski definition) is 3. The Morgan fingerprint density at radius 2 is 1.37 bits per heavy atom. The van der Waals surface area contributed by atoms with Gasteiger partial charge in [0.2, 0.25) is 0 Å². The van der Waals surface area contributed by atoms with Crippen LogP contribution in [-0.2, 0) is 0 Å². The molecule has 1 heterocycles. The number of halogens is 2. The second-order valence-electron chi connectivity index (χ2n) is 7.23. The van der Waals surface area contributed by atoms with Gasteiger partial charge in [0.25, 0.3) is 0 Å². The van der Waals surface area contributed by atoms with Crippen LogP contribution in [0.5, 0.6) is 0 Å². The Hall–Kier alpha value is -3.44. The Labute approximate surface area is 175 Å². The van der Waals surface area contributed by atoms with Gasteiger partial charge in [-0.05, 0) is 65.7 Å². The molecule has 0 unspecified atom stereocenters. The summed E-state index contributed by atoms with van der Waals surface area (Å²) in [6, 6.07) is 17.1. The second kappa shape index (κ2) is 6.82. The van der Waals surface area contributed by atoms with Gasteiger partial charge < -0.3 is 0 Å². The first-order valence-corrected chi connectivity index (χ1v) is 10.1. The van der Waals surface area contributed by atoms with Crippen LogP contribution in [0.1, 0.15) is 31.2 Å². The number of fused-ring (bicyclic) bond motifs is 2. The third-order valence-corrected chi connectivity index (χ3v) is 6.42. The average molecular weight is 416 g/mol. The van der Waals surface area contributed by atoms with Gasteiger partial charge in [-0.15, -0.1) is 11.3 Å². The number of carbonyl (C=O) groups is 2. The summed E-state index contributed by atoms with van der Waals surface area (Å²) in [5.41, 5.74) is 1.32. The third-order valence-electron chi connectivity index (χ3n) is 5.34. The van der Waals surface area contributed by atoms with Crippen LogP contribution in [0.15, 0.2) is 66.2 Å². The smallest absolute Gasteiger partial charge is 0.197 e. The number of thiophene rings is 1. The van der Waals surface area contributed by atoms with Crippen molar-refractivity contribution < 1.29 is 18.4 Å². The number of benzene rings is 3. The maximum atomic E-state index is 13.9. The molecule has 146 valence electrons. The molecule has 5 rings (SSSR count). The summed E-state index contributed by atoms with van der Waals surface area (Å²) in [4.78, 5) is 27.1. The molecule has 2 nitrogen and oxygen atoms in total. The maximum Gasteiger partial charge on any atom is 0.197 e. The van der Waals surface area contributed by atoms with Crippen LogP contribution < -0.4 is 0 Å². The van der Waals surface area contributed by atoms with Crippen molar-refractivity contribution in [3.63, 3.8) is 0 Å². The molecule has 4 aromatic rings. The summed E-state index contributed by atoms with van der Waals surface area (Å²) in [6.45, 7) is 1.39. The van der Waals surface area contributed by atoms with Crippen molar-refractivity contribution in [2.24, 2.45) is 0 Å². The lowest BCUT2D eigenvalue weighted by atomic mass is 10.0. The second-order valence-corrected chi connectivity index (χ2v) is 8.34. The van der Waals surface area contributed by atoms with Gasteiger partial charge >= 0.3 is 0 Å². The van der Waals surface area contributed by atoms with Crippen molar-refractivity contribution in [2.75, 3.05) is 0 Å². The molecular formula is C25H14F2O2S. The summed E-state index contributed by atoms with van der Waals surface area (Å²) in [6.07, 6.45) is 1.56. The Balaban J connectivity index is 1.54. The first kappa shape index (κ1) is 18.6. The van der Waals surface area contributed by atoms with Gasteiger partial charge in [-0.3, -0.25) is 9.59 Å². The lowest BCUT2D eigenvalue weighted by Crippen LogP contribution is -1.99. The summed E-state index contributed by atoms with van der Waals surface area (Å²) in [5, 5.41) is 1.81. The van der Waals surface area contributed by atoms with Crippen LogP contribution in [0.2, 0.25) is 0 Å². The monoisotopic (exact) mass is 416 g/mol. The molecule has 0 N–H and O–H groups in total. The van der Waals surface area contributed by atoms with Gasteiger partial charge in [0.05, 0.1) is 5.57 Å². The molecule has 0 bridgehead atoms. The molecule has 3 aromatic carbocycles. The van der Waals surface area contributed by atoms with Crippen LogP contribution in [0.3, 0.4) is 0 Å². The van der Waals surface area contributed by atoms with E-state index in [2.05, 4.69) is 0 Å². The molecule has 30 heavy (non-hydrogen) atoms. The number of carbonyl (C=O) groups excluding carboxylic acids is 2. The van der Waals surface area contributed by atoms with Gasteiger partial charge in [-0.1, -0.05) is 24.3 Å². The number of Topliss-reactive ketones (excluding diaryl/α,β-unsaturated/α-hetero) is 2. The maximum absolute atomic E-state index is 13.9. The van der Waals surface area contributed by atoms with Crippen LogP contribution in [0, 0.1) is 18.6 Å². The Morgan fingerprint density at radius 3 is 1.93 bits per heavy atom. The predicted octanol–water partition coefficient (Wildman–Crippen LogP) is 6.62. The highest BCUT2D eigenvalue weighted by molar-refractivity contribution is 7.16. The van der Waals surface area contributed by atoms with Gasteiger partial charge in [0.15, 0.2) is 11.6 Å². The lowest BCUT2D eigenvalue weighted by molar-refractivity contribution is 0.0990. The summed E-state index contributed by atoms with van der Waals surface area (Å²) >= 11 is 1.27. The summed E-state index contributed by atoms with van der Waals surface area (Å²) < 4.78 is 27.8. The molecule has 0 aliphatic heterocycles. The van der Waals surface area contributed by atoms with Crippen LogP contribution in [0.25, 0.3) is 27.3 Å². The first-order chi connectivity index (χ1) is 14.4. The minimum Gasteiger partial charge on any atom is -0.288 e. The fourth-order valence-corrected chi connectivity index (χ4v) is 4.59. The van der Waals surface area contributed by atoms with Crippen LogP contribution in [-0.4, -0.2) is 11.6 Å². The highest BCUT2D eigenvalue weighted by atomic mass is 32.1. The van der Waals surface area contributed by atoms with Crippen molar-refractivity contribution in [1.82, 2.24) is 0 Å². The largest absolute Gasteiger partial charge is 0.288 e. The molecule has 0 spiro atoms. The molecule has 0 fully saturated rings. The molecule has 0 saturated carbocycles. The standard InChI is InChI=1S/C25H14F2O2S/c1-13-21(26)10-16(11-22(13)27)23-7-6-17(30-23)12-20-24(28)18-8-14-4-2-3-5-15(14)9-19(18)25(20)29/h2-12H,1H3. The van der Waals surface area contributed by atoms with Gasteiger partial charge in [0, 0.05) is 26.4 Å². The highest BCUT2D eigenvalue weighted by Gasteiger charge is 2.33. The Bertz CT molecular complexity index is 1330. The van der Waals surface area contributed by atoms with Crippen molar-refractivity contribution in [3.05, 3.63) is 99.4 Å². The normalized spacial score (nSPS) is 13.2. The van der Waals surface area contributed by atoms with E-state index in [0.29, 0.717) is 26.4 Å². The Kier molecular flexibility index (Phi) is 4.22. The van der Waals surface area contributed by atoms with E-state index in [1.54, 1.807) is 30.3 Å². The van der Waals surface area contributed by atoms with E-state index in [9.17, 15) is 18.4 Å². The van der Waals surface area contributed by atoms with Gasteiger partial charge in [0.1, 0.15) is 11.6 Å². The van der Waals surface area contributed by atoms with E-state index < -0.39 is 11.6 Å². The van der Waals surface area contributed by atoms with Crippen molar-refractivity contribution in [3.8, 4) is 10.4 Å². The number of allylic oxidation sites excluding steroid dienone is 1. The zero-order valence-electron chi connectivity index (χ0n) is 15.8. The van der Waals surface area contributed by atoms with Crippen molar-refractivity contribution >= 4 is 39.8 Å². The molecule has 1 aliphatic carbocycles. The van der Waals surface area contributed by atoms with E-state index in [-0.39, 0.29) is 22.7 Å². The highest BCUT2D eigenvalue weighted by Crippen LogP contribution is 2.35. The molecule has 0 atom stereocenters. The summed E-state index contributed by atoms with van der Waals surface area (Å²) in [7, 11) is 0. The fraction of sp³-hybridized carbons (Fsp3) is 0.0400. The molecular weight excluding hydrogens is 402 g/mol. The topological polar surface area (TPSA) is 34.1 Å². The van der Waals surface area contributed by atoms with Crippen LogP contribution >= 0.6 is 11.3 Å². The van der Waals surface area contributed by atoms with E-state index in [4.69, 9.17) is 0 Å². The lowest BCUT2D eigenvalue weighted by Gasteiger charge is -2.02. The van der Waals surface area contributed by atoms with E-state index in [1.807, 2.05) is 24.3 Å². The average Bonchev–Trinajstić information content (AvgIpc) is 3.30. The molecule has 5 heteroatoms. The number of rotatable bonds is 2. The quantitative estimate of drug-likeness (QED) is 0.272. The summed E-state index contributed by atoms with van der Waals surface area (Å²) in [5.74, 6) is -1.82. The molecule has 0 radical (unpaired) electrons. The van der Waals surface area contributed by atoms with Crippen molar-refractivity contribution in [2.45, 2.75) is 6.92 Å². The van der Waals surface area contributed by atoms with Gasteiger partial charge in [-0.2, -0.15) is 0 Å². The van der Waals surface area contributed by atoms with E-state index >= 15 is 0 Å². The number of hydrogen-bond donors (Lipinski definition) is 0. The molecule has 1 aliphatic rings. The zero-order valence-corrected chi connectivity index (χ0v) is 16.6. The Morgan fingerprint density at radius 1 is 0.800 bits per heavy atom. The van der Waals surface area contributed by atoms with E-state index in [0.717, 1.165) is 10.8 Å². The first-order valence-electron chi connectivity index (χ1n) is 9.32. The molecule has 0 amide bonds. The minimum absolute atomic E-state index is 0.0232.